The molecule has 3 aromatic rings. The third-order valence-electron chi connectivity index (χ3n) is 2.83. The number of aromatic nitrogens is 4. The molecule has 1 N–H and O–H groups in total. The van der Waals surface area contributed by atoms with Crippen molar-refractivity contribution in [2.75, 3.05) is 6.61 Å². The Morgan fingerprint density at radius 3 is 3.00 bits per heavy atom. The van der Waals surface area contributed by atoms with Crippen LogP contribution in [0, 0.1) is 0 Å². The minimum atomic E-state index is 0.639. The summed E-state index contributed by atoms with van der Waals surface area (Å²) in [5, 5.41) is 5.24. The van der Waals surface area contributed by atoms with Crippen molar-refractivity contribution in [2.45, 2.75) is 6.92 Å². The quantitative estimate of drug-likeness (QED) is 0.767. The molecular formula is C13H14N4O. The van der Waals surface area contributed by atoms with Gasteiger partial charge in [-0.05, 0) is 13.0 Å². The van der Waals surface area contributed by atoms with Gasteiger partial charge in [0.15, 0.2) is 0 Å². The molecule has 0 atom stereocenters. The molecule has 92 valence electrons. The fraction of sp³-hybridized carbons (Fsp3) is 0.231. The van der Waals surface area contributed by atoms with Crippen LogP contribution < -0.4 is 4.74 Å². The maximum atomic E-state index is 5.48. The number of aryl methyl sites for hydroxylation is 1. The Hall–Kier alpha value is -2.30. The van der Waals surface area contributed by atoms with Gasteiger partial charge in [-0.25, -0.2) is 4.98 Å². The Morgan fingerprint density at radius 1 is 1.39 bits per heavy atom. The Balaban J connectivity index is 2.14. The van der Waals surface area contributed by atoms with Crippen LogP contribution in [-0.2, 0) is 7.05 Å². The van der Waals surface area contributed by atoms with Crippen molar-refractivity contribution in [3.63, 3.8) is 0 Å². The van der Waals surface area contributed by atoms with Gasteiger partial charge in [0.05, 0.1) is 19.0 Å². The summed E-state index contributed by atoms with van der Waals surface area (Å²) in [4.78, 5) is 7.51. The van der Waals surface area contributed by atoms with Crippen molar-refractivity contribution < 1.29 is 4.74 Å². The predicted molar refractivity (Wildman–Crippen MR) is 69.5 cm³/mol. The number of hydrogen-bond donors (Lipinski definition) is 1. The number of ether oxygens (including phenoxy) is 1. The van der Waals surface area contributed by atoms with E-state index in [0.29, 0.717) is 6.61 Å². The van der Waals surface area contributed by atoms with Crippen LogP contribution in [0.15, 0.2) is 30.9 Å². The summed E-state index contributed by atoms with van der Waals surface area (Å²) in [7, 11) is 1.90. The summed E-state index contributed by atoms with van der Waals surface area (Å²) >= 11 is 0. The van der Waals surface area contributed by atoms with Gasteiger partial charge in [0, 0.05) is 36.0 Å². The maximum absolute atomic E-state index is 5.48. The van der Waals surface area contributed by atoms with Crippen molar-refractivity contribution in [1.29, 1.82) is 0 Å². The highest BCUT2D eigenvalue weighted by Crippen LogP contribution is 2.29. The molecule has 3 heterocycles. The van der Waals surface area contributed by atoms with Crippen molar-refractivity contribution in [1.82, 2.24) is 19.7 Å². The number of hydrogen-bond acceptors (Lipinski definition) is 3. The summed E-state index contributed by atoms with van der Waals surface area (Å²) in [6.45, 7) is 2.60. The standard InChI is InChI=1S/C13H14N4O/c1-3-18-10-4-11-12(7-15-13(11)14-6-10)9-5-16-17(2)8-9/h4-8H,3H2,1-2H3,(H,14,15). The van der Waals surface area contributed by atoms with E-state index >= 15 is 0 Å². The first-order valence-electron chi connectivity index (χ1n) is 5.87. The molecule has 0 aliphatic heterocycles. The molecule has 0 aliphatic rings. The van der Waals surface area contributed by atoms with E-state index in [9.17, 15) is 0 Å². The molecule has 3 rings (SSSR count). The van der Waals surface area contributed by atoms with Gasteiger partial charge < -0.3 is 9.72 Å². The molecule has 5 heteroatoms. The van der Waals surface area contributed by atoms with Crippen LogP contribution in [0.25, 0.3) is 22.2 Å². The fourth-order valence-corrected chi connectivity index (χ4v) is 2.03. The van der Waals surface area contributed by atoms with Crippen molar-refractivity contribution in [3.8, 4) is 16.9 Å². The second-order valence-corrected chi connectivity index (χ2v) is 4.11. The number of nitrogens with zero attached hydrogens (tertiary/aromatic N) is 3. The largest absolute Gasteiger partial charge is 0.492 e. The predicted octanol–water partition coefficient (Wildman–Crippen LogP) is 2.36. The molecule has 0 radical (unpaired) electrons. The zero-order valence-electron chi connectivity index (χ0n) is 10.3. The monoisotopic (exact) mass is 242 g/mol. The molecule has 0 aliphatic carbocycles. The lowest BCUT2D eigenvalue weighted by Gasteiger charge is -2.02. The van der Waals surface area contributed by atoms with E-state index in [1.807, 2.05) is 38.6 Å². The van der Waals surface area contributed by atoms with Crippen molar-refractivity contribution in [3.05, 3.63) is 30.9 Å². The van der Waals surface area contributed by atoms with E-state index < -0.39 is 0 Å². The van der Waals surface area contributed by atoms with Crippen LogP contribution in [-0.4, -0.2) is 26.4 Å². The molecule has 0 bridgehead atoms. The second-order valence-electron chi connectivity index (χ2n) is 4.11. The molecule has 0 amide bonds. The average molecular weight is 242 g/mol. The molecule has 0 saturated heterocycles. The highest BCUT2D eigenvalue weighted by molar-refractivity contribution is 5.93. The van der Waals surface area contributed by atoms with Gasteiger partial charge in [-0.2, -0.15) is 5.10 Å². The first-order chi connectivity index (χ1) is 8.78. The topological polar surface area (TPSA) is 55.7 Å². The van der Waals surface area contributed by atoms with E-state index in [-0.39, 0.29) is 0 Å². The minimum Gasteiger partial charge on any atom is -0.492 e. The molecule has 18 heavy (non-hydrogen) atoms. The summed E-state index contributed by atoms with van der Waals surface area (Å²) in [6.07, 6.45) is 7.51. The first kappa shape index (κ1) is 10.8. The molecular weight excluding hydrogens is 228 g/mol. The van der Waals surface area contributed by atoms with Gasteiger partial charge >= 0.3 is 0 Å². The molecule has 0 aromatic carbocycles. The number of H-pyrrole nitrogens is 1. The van der Waals surface area contributed by atoms with E-state index in [0.717, 1.165) is 27.9 Å². The van der Waals surface area contributed by atoms with Crippen LogP contribution in [0.5, 0.6) is 5.75 Å². The maximum Gasteiger partial charge on any atom is 0.138 e. The third-order valence-corrected chi connectivity index (χ3v) is 2.83. The molecule has 0 saturated carbocycles. The Kier molecular flexibility index (Phi) is 2.51. The lowest BCUT2D eigenvalue weighted by atomic mass is 10.1. The molecule has 5 nitrogen and oxygen atoms in total. The van der Waals surface area contributed by atoms with Gasteiger partial charge in [-0.15, -0.1) is 0 Å². The van der Waals surface area contributed by atoms with Crippen LogP contribution >= 0.6 is 0 Å². The lowest BCUT2D eigenvalue weighted by Crippen LogP contribution is -1.91. The zero-order chi connectivity index (χ0) is 12.5. The van der Waals surface area contributed by atoms with Crippen molar-refractivity contribution >= 4 is 11.0 Å². The number of pyridine rings is 1. The van der Waals surface area contributed by atoms with E-state index in [1.165, 1.54) is 0 Å². The summed E-state index contributed by atoms with van der Waals surface area (Å²) in [5.41, 5.74) is 3.02. The molecule has 0 fully saturated rings. The third kappa shape index (κ3) is 1.73. The summed E-state index contributed by atoms with van der Waals surface area (Å²) < 4.78 is 7.27. The van der Waals surface area contributed by atoms with E-state index in [4.69, 9.17) is 4.74 Å². The number of fused-ring (bicyclic) bond motifs is 1. The van der Waals surface area contributed by atoms with Gasteiger partial charge in [0.1, 0.15) is 11.4 Å². The van der Waals surface area contributed by atoms with E-state index in [1.54, 1.807) is 10.9 Å². The average Bonchev–Trinajstić information content (AvgIpc) is 2.95. The highest BCUT2D eigenvalue weighted by Gasteiger charge is 2.09. The van der Waals surface area contributed by atoms with E-state index in [2.05, 4.69) is 15.1 Å². The zero-order valence-corrected chi connectivity index (χ0v) is 10.3. The smallest absolute Gasteiger partial charge is 0.138 e. The molecule has 0 spiro atoms. The summed E-state index contributed by atoms with van der Waals surface area (Å²) in [6, 6.07) is 2.00. The van der Waals surface area contributed by atoms with Gasteiger partial charge in [-0.3, -0.25) is 4.68 Å². The Morgan fingerprint density at radius 2 is 2.28 bits per heavy atom. The Labute approximate surface area is 104 Å². The van der Waals surface area contributed by atoms with Crippen LogP contribution in [0.1, 0.15) is 6.92 Å². The van der Waals surface area contributed by atoms with Gasteiger partial charge in [0.2, 0.25) is 0 Å². The highest BCUT2D eigenvalue weighted by atomic mass is 16.5. The van der Waals surface area contributed by atoms with Crippen LogP contribution in [0.3, 0.4) is 0 Å². The van der Waals surface area contributed by atoms with Crippen LogP contribution in [0.4, 0.5) is 0 Å². The number of nitrogens with one attached hydrogen (secondary N) is 1. The minimum absolute atomic E-state index is 0.639. The normalized spacial score (nSPS) is 11.0. The van der Waals surface area contributed by atoms with Gasteiger partial charge in [-0.1, -0.05) is 0 Å². The number of aromatic amines is 1. The number of rotatable bonds is 3. The van der Waals surface area contributed by atoms with Crippen molar-refractivity contribution in [2.24, 2.45) is 7.05 Å². The summed E-state index contributed by atoms with van der Waals surface area (Å²) in [5.74, 6) is 0.787. The lowest BCUT2D eigenvalue weighted by molar-refractivity contribution is 0.339. The SMILES string of the molecule is CCOc1cnc2[nH]cc(-c3cnn(C)c3)c2c1. The molecule has 3 aromatic heterocycles. The fourth-order valence-electron chi connectivity index (χ4n) is 2.03. The first-order valence-corrected chi connectivity index (χ1v) is 5.87. The molecule has 0 unspecified atom stereocenters. The Bertz CT molecular complexity index is 683. The van der Waals surface area contributed by atoms with Crippen LogP contribution in [0.2, 0.25) is 0 Å². The second kappa shape index (κ2) is 4.18. The van der Waals surface area contributed by atoms with Gasteiger partial charge in [0.25, 0.3) is 0 Å².